The van der Waals surface area contributed by atoms with Gasteiger partial charge < -0.3 is 4.57 Å². The van der Waals surface area contributed by atoms with Crippen LogP contribution < -0.4 is 0 Å². The van der Waals surface area contributed by atoms with Crippen LogP contribution in [-0.4, -0.2) is 24.5 Å². The highest BCUT2D eigenvalue weighted by Crippen LogP contribution is 2.46. The Hall–Kier alpha value is -8.49. The molecule has 0 spiro atoms. The SMILES string of the molecule is FC(F)(F)c1cc(-c2cc(-c3ccccc3)nc(-c3ccccc3)n2)c(-n2c3ccccc3c3cc(-c4ccccc4)ccc32)c(-c2nc(-c3ccccc3)cc(-c3ccccc3)n2)c1. The number of rotatable bonds is 8. The number of halogens is 3. The van der Waals surface area contributed by atoms with Crippen LogP contribution in [0.15, 0.2) is 218 Å². The van der Waals surface area contributed by atoms with Crippen molar-refractivity contribution in [1.82, 2.24) is 24.5 Å². The summed E-state index contributed by atoms with van der Waals surface area (Å²) in [6, 6.07) is 68.8. The third-order valence-corrected chi connectivity index (χ3v) is 11.7. The lowest BCUT2D eigenvalue weighted by Gasteiger charge is -2.22. The Labute approximate surface area is 372 Å². The van der Waals surface area contributed by atoms with E-state index in [0.29, 0.717) is 34.3 Å². The molecule has 0 aliphatic heterocycles. The monoisotopic (exact) mass is 847 g/mol. The number of hydrogen-bond acceptors (Lipinski definition) is 4. The van der Waals surface area contributed by atoms with Crippen LogP contribution in [0.2, 0.25) is 0 Å². The first-order valence-electron chi connectivity index (χ1n) is 21.2. The van der Waals surface area contributed by atoms with Crippen LogP contribution in [0.5, 0.6) is 0 Å². The van der Waals surface area contributed by atoms with E-state index in [-0.39, 0.29) is 17.0 Å². The summed E-state index contributed by atoms with van der Waals surface area (Å²) in [6.45, 7) is 0. The number of aromatic nitrogens is 5. The minimum absolute atomic E-state index is 0.125. The number of alkyl halides is 3. The van der Waals surface area contributed by atoms with Gasteiger partial charge in [-0.1, -0.05) is 176 Å². The lowest BCUT2D eigenvalue weighted by molar-refractivity contribution is -0.137. The molecule has 5 nitrogen and oxygen atoms in total. The van der Waals surface area contributed by atoms with E-state index in [1.807, 2.05) is 170 Å². The molecule has 0 saturated carbocycles. The molecule has 8 heteroatoms. The largest absolute Gasteiger partial charge is 0.416 e. The van der Waals surface area contributed by atoms with Crippen molar-refractivity contribution in [2.45, 2.75) is 6.18 Å². The molecule has 0 amide bonds. The zero-order valence-electron chi connectivity index (χ0n) is 34.7. The second kappa shape index (κ2) is 16.3. The highest BCUT2D eigenvalue weighted by atomic mass is 19.4. The lowest BCUT2D eigenvalue weighted by Crippen LogP contribution is -2.11. The molecule has 0 saturated heterocycles. The summed E-state index contributed by atoms with van der Waals surface area (Å²) in [7, 11) is 0. The van der Waals surface area contributed by atoms with Gasteiger partial charge >= 0.3 is 6.18 Å². The maximum Gasteiger partial charge on any atom is 0.416 e. The second-order valence-corrected chi connectivity index (χ2v) is 15.8. The van der Waals surface area contributed by atoms with E-state index < -0.39 is 11.7 Å². The van der Waals surface area contributed by atoms with Crippen LogP contribution in [0.4, 0.5) is 13.2 Å². The fraction of sp³-hybridized carbons (Fsp3) is 0.0175. The average Bonchev–Trinajstić information content (AvgIpc) is 3.70. The molecule has 3 aromatic heterocycles. The van der Waals surface area contributed by atoms with E-state index in [9.17, 15) is 0 Å². The van der Waals surface area contributed by atoms with E-state index in [1.54, 1.807) is 6.07 Å². The number of nitrogens with zero attached hydrogens (tertiary/aromatic N) is 5. The summed E-state index contributed by atoms with van der Waals surface area (Å²) >= 11 is 0. The highest BCUT2D eigenvalue weighted by Gasteiger charge is 2.35. The van der Waals surface area contributed by atoms with Gasteiger partial charge in [0.15, 0.2) is 11.6 Å². The van der Waals surface area contributed by atoms with Crippen molar-refractivity contribution in [3.8, 4) is 84.6 Å². The van der Waals surface area contributed by atoms with E-state index in [4.69, 9.17) is 19.9 Å². The van der Waals surface area contributed by atoms with Gasteiger partial charge in [0, 0.05) is 44.2 Å². The Bertz CT molecular complexity index is 3240. The smallest absolute Gasteiger partial charge is 0.308 e. The number of fused-ring (bicyclic) bond motifs is 3. The lowest BCUT2D eigenvalue weighted by atomic mass is 9.96. The maximum absolute atomic E-state index is 15.7. The highest BCUT2D eigenvalue weighted by molar-refractivity contribution is 6.11. The predicted molar refractivity (Wildman–Crippen MR) is 255 cm³/mol. The molecule has 0 N–H and O–H groups in total. The van der Waals surface area contributed by atoms with Gasteiger partial charge in [0.05, 0.1) is 45.1 Å². The number of benzene rings is 8. The molecule has 11 rings (SSSR count). The standard InChI is InChI=1S/C57H36F3N5/c58-57(59,60)43-33-46(51-36-50(40-24-12-4-13-25-40)61-55(64-51)41-26-14-5-15-27-41)54(65-52-29-17-16-28-44(52)45-32-42(30-31-53(45)65)37-18-6-1-7-19-37)47(34-43)56-62-48(38-20-8-2-9-21-38)35-49(63-56)39-22-10-3-11-23-39/h1-36H. The minimum Gasteiger partial charge on any atom is -0.308 e. The summed E-state index contributed by atoms with van der Waals surface area (Å²) in [5, 5.41) is 1.86. The average molecular weight is 848 g/mol. The fourth-order valence-electron chi connectivity index (χ4n) is 8.57. The van der Waals surface area contributed by atoms with Crippen molar-refractivity contribution >= 4 is 21.8 Å². The Morgan fingerprint density at radius 2 is 0.754 bits per heavy atom. The van der Waals surface area contributed by atoms with Gasteiger partial charge in [-0.2, -0.15) is 13.2 Å². The molecule has 0 aliphatic carbocycles. The van der Waals surface area contributed by atoms with Crippen LogP contribution in [0, 0.1) is 0 Å². The number of para-hydroxylation sites is 1. The van der Waals surface area contributed by atoms with Gasteiger partial charge in [0.2, 0.25) is 0 Å². The molecule has 65 heavy (non-hydrogen) atoms. The summed E-state index contributed by atoms with van der Waals surface area (Å²) < 4.78 is 49.0. The van der Waals surface area contributed by atoms with Crippen LogP contribution in [-0.2, 0) is 6.18 Å². The van der Waals surface area contributed by atoms with Gasteiger partial charge in [-0.3, -0.25) is 0 Å². The van der Waals surface area contributed by atoms with Crippen LogP contribution in [0.1, 0.15) is 5.56 Å². The van der Waals surface area contributed by atoms with E-state index in [0.717, 1.165) is 55.2 Å². The van der Waals surface area contributed by atoms with E-state index in [2.05, 4.69) is 34.9 Å². The zero-order chi connectivity index (χ0) is 43.9. The quantitative estimate of drug-likeness (QED) is 0.153. The van der Waals surface area contributed by atoms with Crippen molar-refractivity contribution in [3.05, 3.63) is 224 Å². The van der Waals surface area contributed by atoms with Crippen molar-refractivity contribution < 1.29 is 13.2 Å². The molecule has 0 radical (unpaired) electrons. The Morgan fingerprint density at radius 1 is 0.323 bits per heavy atom. The van der Waals surface area contributed by atoms with Crippen molar-refractivity contribution in [2.75, 3.05) is 0 Å². The molecule has 8 aromatic carbocycles. The van der Waals surface area contributed by atoms with Crippen LogP contribution >= 0.6 is 0 Å². The second-order valence-electron chi connectivity index (χ2n) is 15.8. The zero-order valence-corrected chi connectivity index (χ0v) is 34.7. The molecule has 0 bridgehead atoms. The Balaban J connectivity index is 1.30. The normalized spacial score (nSPS) is 11.6. The van der Waals surface area contributed by atoms with Gasteiger partial charge in [0.25, 0.3) is 0 Å². The Kier molecular flexibility index (Phi) is 9.89. The van der Waals surface area contributed by atoms with Gasteiger partial charge in [-0.25, -0.2) is 19.9 Å². The Morgan fingerprint density at radius 3 is 1.31 bits per heavy atom. The molecule has 310 valence electrons. The molecule has 0 atom stereocenters. The molecule has 0 aliphatic rings. The first kappa shape index (κ1) is 39.4. The van der Waals surface area contributed by atoms with Gasteiger partial charge in [-0.15, -0.1) is 0 Å². The fourth-order valence-corrected chi connectivity index (χ4v) is 8.57. The molecule has 0 unspecified atom stereocenters. The van der Waals surface area contributed by atoms with Crippen LogP contribution in [0.25, 0.3) is 106 Å². The topological polar surface area (TPSA) is 56.5 Å². The molecule has 0 fully saturated rings. The summed E-state index contributed by atoms with van der Waals surface area (Å²) in [5.74, 6) is 0.496. The third-order valence-electron chi connectivity index (χ3n) is 11.7. The maximum atomic E-state index is 15.7. The first-order valence-corrected chi connectivity index (χ1v) is 21.2. The first-order chi connectivity index (χ1) is 31.9. The molecule has 11 aromatic rings. The predicted octanol–water partition coefficient (Wildman–Crippen LogP) is 15.1. The van der Waals surface area contributed by atoms with E-state index in [1.165, 1.54) is 12.1 Å². The van der Waals surface area contributed by atoms with Gasteiger partial charge in [-0.05, 0) is 53.6 Å². The summed E-state index contributed by atoms with van der Waals surface area (Å²) in [5.41, 5.74) is 8.71. The summed E-state index contributed by atoms with van der Waals surface area (Å²) in [6.07, 6.45) is -4.76. The van der Waals surface area contributed by atoms with Gasteiger partial charge in [0.1, 0.15) is 0 Å². The molecular weight excluding hydrogens is 812 g/mol. The summed E-state index contributed by atoms with van der Waals surface area (Å²) in [4.78, 5) is 20.4. The van der Waals surface area contributed by atoms with E-state index >= 15 is 13.2 Å². The minimum atomic E-state index is -4.76. The van der Waals surface area contributed by atoms with Crippen molar-refractivity contribution in [2.24, 2.45) is 0 Å². The van der Waals surface area contributed by atoms with Crippen molar-refractivity contribution in [3.63, 3.8) is 0 Å². The molecule has 3 heterocycles. The molecular formula is C57H36F3N5. The van der Waals surface area contributed by atoms with Crippen molar-refractivity contribution in [1.29, 1.82) is 0 Å². The number of hydrogen-bond donors (Lipinski definition) is 0. The third kappa shape index (κ3) is 7.51. The van der Waals surface area contributed by atoms with Crippen LogP contribution in [0.3, 0.4) is 0 Å².